The lowest BCUT2D eigenvalue weighted by atomic mass is 9.99. The first kappa shape index (κ1) is 12.9. The van der Waals surface area contributed by atoms with Crippen molar-refractivity contribution in [2.75, 3.05) is 5.32 Å². The summed E-state index contributed by atoms with van der Waals surface area (Å²) in [5.41, 5.74) is -0.121. The summed E-state index contributed by atoms with van der Waals surface area (Å²) in [6.07, 6.45) is 2.26. The van der Waals surface area contributed by atoms with Crippen LogP contribution in [0, 0.1) is 5.92 Å². The quantitative estimate of drug-likeness (QED) is 0.785. The molecule has 3 N–H and O–H groups in total. The number of thiophene rings is 1. The third-order valence-electron chi connectivity index (χ3n) is 3.16. The molecule has 6 heteroatoms. The van der Waals surface area contributed by atoms with Gasteiger partial charge in [-0.05, 0) is 44.1 Å². The van der Waals surface area contributed by atoms with Crippen LogP contribution in [0.25, 0.3) is 0 Å². The number of nitrogens with one attached hydrogen (secondary N) is 2. The molecule has 1 fully saturated rings. The van der Waals surface area contributed by atoms with Crippen LogP contribution in [0.3, 0.4) is 0 Å². The highest BCUT2D eigenvalue weighted by molar-refractivity contribution is 7.14. The number of carboxylic acids is 1. The van der Waals surface area contributed by atoms with Gasteiger partial charge in [0, 0.05) is 5.54 Å². The molecule has 0 atom stereocenters. The average Bonchev–Trinajstić information content (AvgIpc) is 3.00. The van der Waals surface area contributed by atoms with Crippen LogP contribution in [-0.2, 0) is 0 Å². The Bertz CT molecular complexity index is 477. The molecule has 0 saturated heterocycles. The minimum absolute atomic E-state index is 0.124. The zero-order valence-electron chi connectivity index (χ0n) is 10.3. The van der Waals surface area contributed by atoms with Gasteiger partial charge in [-0.15, -0.1) is 11.3 Å². The second-order valence-electron chi connectivity index (χ2n) is 5.04. The maximum absolute atomic E-state index is 11.8. The van der Waals surface area contributed by atoms with E-state index in [1.807, 2.05) is 13.8 Å². The molecule has 2 rings (SSSR count). The van der Waals surface area contributed by atoms with Crippen LogP contribution in [0.15, 0.2) is 11.4 Å². The fourth-order valence-electron chi connectivity index (χ4n) is 1.91. The van der Waals surface area contributed by atoms with Gasteiger partial charge < -0.3 is 10.4 Å². The van der Waals surface area contributed by atoms with Gasteiger partial charge in [-0.3, -0.25) is 5.32 Å². The Labute approximate surface area is 109 Å². The molecule has 1 aliphatic rings. The van der Waals surface area contributed by atoms with Crippen molar-refractivity contribution in [1.29, 1.82) is 0 Å². The Morgan fingerprint density at radius 1 is 1.44 bits per heavy atom. The number of amides is 2. The topological polar surface area (TPSA) is 78.4 Å². The molecule has 0 bridgehead atoms. The summed E-state index contributed by atoms with van der Waals surface area (Å²) in [5, 5.41) is 16.4. The number of hydrogen-bond donors (Lipinski definition) is 3. The number of anilines is 1. The van der Waals surface area contributed by atoms with E-state index in [1.54, 1.807) is 5.38 Å². The van der Waals surface area contributed by atoms with Crippen molar-refractivity contribution < 1.29 is 14.7 Å². The molecular formula is C12H16N2O3S. The van der Waals surface area contributed by atoms with Crippen molar-refractivity contribution in [2.24, 2.45) is 5.92 Å². The molecule has 1 aliphatic carbocycles. The first-order valence-electron chi connectivity index (χ1n) is 5.80. The number of rotatable bonds is 4. The predicted octanol–water partition coefficient (Wildman–Crippen LogP) is 2.76. The maximum atomic E-state index is 11.8. The molecule has 98 valence electrons. The fourth-order valence-corrected chi connectivity index (χ4v) is 2.68. The van der Waals surface area contributed by atoms with Gasteiger partial charge in [0.15, 0.2) is 0 Å². The van der Waals surface area contributed by atoms with Crippen LogP contribution in [0.5, 0.6) is 0 Å². The highest BCUT2D eigenvalue weighted by Crippen LogP contribution is 2.39. The second kappa shape index (κ2) is 4.61. The zero-order valence-corrected chi connectivity index (χ0v) is 11.1. The molecule has 18 heavy (non-hydrogen) atoms. The molecule has 5 nitrogen and oxygen atoms in total. The Hall–Kier alpha value is -1.56. The number of urea groups is 1. The molecule has 0 aliphatic heterocycles. The van der Waals surface area contributed by atoms with E-state index >= 15 is 0 Å². The highest BCUT2D eigenvalue weighted by atomic mass is 32.1. The summed E-state index contributed by atoms with van der Waals surface area (Å²) < 4.78 is 0. The molecule has 0 unspecified atom stereocenters. The molecule has 1 saturated carbocycles. The normalized spacial score (nSPS) is 15.2. The van der Waals surface area contributed by atoms with Crippen molar-refractivity contribution in [2.45, 2.75) is 32.2 Å². The second-order valence-corrected chi connectivity index (χ2v) is 5.96. The SMILES string of the molecule is CC(C)(NC(=O)Nc1sccc1C(=O)O)C1CC1. The van der Waals surface area contributed by atoms with Crippen LogP contribution in [0.2, 0.25) is 0 Å². The van der Waals surface area contributed by atoms with Crippen LogP contribution in [0.1, 0.15) is 37.0 Å². The van der Waals surface area contributed by atoms with Crippen molar-refractivity contribution >= 4 is 28.3 Å². The number of hydrogen-bond acceptors (Lipinski definition) is 3. The lowest BCUT2D eigenvalue weighted by Crippen LogP contribution is -2.47. The van der Waals surface area contributed by atoms with E-state index in [-0.39, 0.29) is 17.1 Å². The average molecular weight is 268 g/mol. The third kappa shape index (κ3) is 2.81. The standard InChI is InChI=1S/C12H16N2O3S/c1-12(2,7-3-4-7)14-11(17)13-9-8(10(15)16)5-6-18-9/h5-7H,3-4H2,1-2H3,(H,15,16)(H2,13,14,17). The first-order chi connectivity index (χ1) is 8.40. The molecule has 0 aromatic carbocycles. The van der Waals surface area contributed by atoms with Gasteiger partial charge in [-0.2, -0.15) is 0 Å². The van der Waals surface area contributed by atoms with E-state index in [0.717, 1.165) is 12.8 Å². The van der Waals surface area contributed by atoms with Gasteiger partial charge >= 0.3 is 12.0 Å². The van der Waals surface area contributed by atoms with E-state index in [2.05, 4.69) is 10.6 Å². The summed E-state index contributed by atoms with van der Waals surface area (Å²) in [7, 11) is 0. The number of carbonyl (C=O) groups is 2. The Kier molecular flexibility index (Phi) is 3.30. The summed E-state index contributed by atoms with van der Waals surface area (Å²) in [6, 6.07) is 1.13. The lowest BCUT2D eigenvalue weighted by Gasteiger charge is -2.26. The molecule has 2 amide bonds. The summed E-state index contributed by atoms with van der Waals surface area (Å²) in [4.78, 5) is 22.7. The van der Waals surface area contributed by atoms with Crippen LogP contribution >= 0.6 is 11.3 Å². The van der Waals surface area contributed by atoms with Crippen molar-refractivity contribution in [3.8, 4) is 0 Å². The van der Waals surface area contributed by atoms with Crippen LogP contribution in [-0.4, -0.2) is 22.6 Å². The molecule has 0 spiro atoms. The minimum Gasteiger partial charge on any atom is -0.478 e. The smallest absolute Gasteiger partial charge is 0.338 e. The molecule has 1 aromatic rings. The van der Waals surface area contributed by atoms with E-state index in [0.29, 0.717) is 10.9 Å². The largest absolute Gasteiger partial charge is 0.478 e. The monoisotopic (exact) mass is 268 g/mol. The van der Waals surface area contributed by atoms with Crippen molar-refractivity contribution in [1.82, 2.24) is 5.32 Å². The van der Waals surface area contributed by atoms with E-state index in [4.69, 9.17) is 5.11 Å². The number of carboxylic acid groups (broad SMARTS) is 1. The molecular weight excluding hydrogens is 252 g/mol. The molecule has 1 heterocycles. The highest BCUT2D eigenvalue weighted by Gasteiger charge is 2.38. The van der Waals surface area contributed by atoms with Crippen LogP contribution < -0.4 is 10.6 Å². The number of carbonyl (C=O) groups excluding carboxylic acids is 1. The van der Waals surface area contributed by atoms with Crippen molar-refractivity contribution in [3.05, 3.63) is 17.0 Å². The van der Waals surface area contributed by atoms with Gasteiger partial charge in [0.1, 0.15) is 5.00 Å². The predicted molar refractivity (Wildman–Crippen MR) is 70.2 cm³/mol. The van der Waals surface area contributed by atoms with Gasteiger partial charge in [-0.25, -0.2) is 9.59 Å². The van der Waals surface area contributed by atoms with E-state index in [1.165, 1.54) is 17.4 Å². The summed E-state index contributed by atoms with van der Waals surface area (Å²) in [5.74, 6) is -0.515. The van der Waals surface area contributed by atoms with Gasteiger partial charge in [0.25, 0.3) is 0 Å². The Morgan fingerprint density at radius 2 is 2.11 bits per heavy atom. The van der Waals surface area contributed by atoms with Gasteiger partial charge in [0.2, 0.25) is 0 Å². The van der Waals surface area contributed by atoms with Crippen LogP contribution in [0.4, 0.5) is 9.80 Å². The van der Waals surface area contributed by atoms with Gasteiger partial charge in [0.05, 0.1) is 5.56 Å². The zero-order chi connectivity index (χ0) is 13.3. The fraction of sp³-hybridized carbons (Fsp3) is 0.500. The lowest BCUT2D eigenvalue weighted by molar-refractivity contribution is 0.0698. The maximum Gasteiger partial charge on any atom is 0.338 e. The van der Waals surface area contributed by atoms with E-state index in [9.17, 15) is 9.59 Å². The number of aromatic carboxylic acids is 1. The Balaban J connectivity index is 1.98. The third-order valence-corrected chi connectivity index (χ3v) is 3.99. The van der Waals surface area contributed by atoms with E-state index < -0.39 is 5.97 Å². The summed E-state index contributed by atoms with van der Waals surface area (Å²) >= 11 is 1.20. The Morgan fingerprint density at radius 3 is 2.67 bits per heavy atom. The first-order valence-corrected chi connectivity index (χ1v) is 6.68. The summed E-state index contributed by atoms with van der Waals surface area (Å²) in [6.45, 7) is 3.97. The molecule has 0 radical (unpaired) electrons. The minimum atomic E-state index is -1.03. The van der Waals surface area contributed by atoms with Gasteiger partial charge in [-0.1, -0.05) is 0 Å². The molecule has 1 aromatic heterocycles. The van der Waals surface area contributed by atoms with Crippen molar-refractivity contribution in [3.63, 3.8) is 0 Å².